The normalized spacial score (nSPS) is 31.2. The number of allylic oxidation sites excluding steroid dienone is 4. The lowest BCUT2D eigenvalue weighted by Gasteiger charge is -2.30. The summed E-state index contributed by atoms with van der Waals surface area (Å²) in [4.78, 5) is 54.0. The maximum absolute atomic E-state index is 13.9. The van der Waals surface area contributed by atoms with Gasteiger partial charge in [0.25, 0.3) is 12.4 Å². The number of Topliss-reactive ketones (excluding diaryl/α,β-unsaturated/α-hetero) is 2. The number of carbonyl (C=O) groups is 4. The fourth-order valence-corrected chi connectivity index (χ4v) is 5.36. The highest BCUT2D eigenvalue weighted by atomic mass is 16.6. The highest BCUT2D eigenvalue weighted by Gasteiger charge is 2.35. The number of nitrogens with one attached hydrogen (secondary N) is 2. The van der Waals surface area contributed by atoms with Crippen molar-refractivity contribution in [3.63, 3.8) is 0 Å². The molecule has 0 aromatic heterocycles. The highest BCUT2D eigenvalue weighted by Crippen LogP contribution is 2.30. The molecule has 0 aromatic rings. The van der Waals surface area contributed by atoms with Gasteiger partial charge in [-0.2, -0.15) is 0 Å². The van der Waals surface area contributed by atoms with Gasteiger partial charge < -0.3 is 34.9 Å². The molecule has 6 atom stereocenters. The molecule has 1 aliphatic carbocycles. The van der Waals surface area contributed by atoms with Crippen LogP contribution >= 0.6 is 0 Å². The van der Waals surface area contributed by atoms with Gasteiger partial charge in [-0.25, -0.2) is 0 Å². The van der Waals surface area contributed by atoms with E-state index in [1.807, 2.05) is 38.9 Å². The summed E-state index contributed by atoms with van der Waals surface area (Å²) in [6, 6.07) is 0. The molecule has 0 radical (unpaired) electrons. The number of amides is 1. The number of carbonyl (C=O) groups excluding carboxylic acids is 4. The molecule has 11 heteroatoms. The number of aliphatic hydroxyl groups is 1. The van der Waals surface area contributed by atoms with Gasteiger partial charge in [-0.1, -0.05) is 38.2 Å². The third-order valence-corrected chi connectivity index (χ3v) is 8.01. The molecule has 0 saturated heterocycles. The van der Waals surface area contributed by atoms with Crippen LogP contribution in [0.5, 0.6) is 0 Å². The Labute approximate surface area is 261 Å². The monoisotopic (exact) mass is 615 g/mol. The average molecular weight is 616 g/mol. The number of fused-ring (bicyclic) bond motifs is 2. The van der Waals surface area contributed by atoms with E-state index in [4.69, 9.17) is 14.2 Å². The molecule has 0 spiro atoms. The number of rotatable bonds is 8. The second-order valence-corrected chi connectivity index (χ2v) is 11.9. The lowest BCUT2D eigenvalue weighted by molar-refractivity contribution is -0.136. The fraction of sp³-hybridized carbons (Fsp3) is 0.576. The second-order valence-electron chi connectivity index (χ2n) is 11.9. The predicted octanol–water partition coefficient (Wildman–Crippen LogP) is 2.38. The van der Waals surface area contributed by atoms with Crippen LogP contribution in [0.15, 0.2) is 58.0 Å². The number of nitrogens with zero attached hydrogens (tertiary/aromatic N) is 1. The molecular formula is C33H49N3O8. The molecule has 1 heterocycles. The lowest BCUT2D eigenvalue weighted by atomic mass is 9.83. The molecular weight excluding hydrogens is 566 g/mol. The molecule has 0 saturated carbocycles. The fourth-order valence-electron chi connectivity index (χ4n) is 5.36. The first-order valence-electron chi connectivity index (χ1n) is 14.9. The summed E-state index contributed by atoms with van der Waals surface area (Å²) in [6.45, 7) is 10.1. The predicted molar refractivity (Wildman–Crippen MR) is 167 cm³/mol. The van der Waals surface area contributed by atoms with Crippen LogP contribution in [-0.4, -0.2) is 99.8 Å². The Morgan fingerprint density at radius 2 is 1.77 bits per heavy atom. The third-order valence-electron chi connectivity index (χ3n) is 8.01. The van der Waals surface area contributed by atoms with Gasteiger partial charge in [0.05, 0.1) is 23.6 Å². The van der Waals surface area contributed by atoms with Crippen molar-refractivity contribution in [2.45, 2.75) is 71.9 Å². The molecule has 0 unspecified atom stereocenters. The Morgan fingerprint density at radius 3 is 2.36 bits per heavy atom. The molecule has 3 N–H and O–H groups in total. The quantitative estimate of drug-likeness (QED) is 0.212. The number of ether oxygens (including phenoxy) is 3. The zero-order valence-corrected chi connectivity index (χ0v) is 27.4. The van der Waals surface area contributed by atoms with Gasteiger partial charge in [0.15, 0.2) is 6.10 Å². The first-order chi connectivity index (χ1) is 20.8. The first-order valence-corrected chi connectivity index (χ1v) is 14.9. The Hall–Kier alpha value is -3.38. The number of aliphatic hydroxyl groups excluding tert-OH is 1. The van der Waals surface area contributed by atoms with E-state index >= 15 is 0 Å². The molecule has 2 bridgehead atoms. The molecule has 2 rings (SSSR count). The third kappa shape index (κ3) is 9.56. The Balaban J connectivity index is 2.64. The van der Waals surface area contributed by atoms with E-state index in [-0.39, 0.29) is 46.2 Å². The molecule has 11 nitrogen and oxygen atoms in total. The van der Waals surface area contributed by atoms with Crippen molar-refractivity contribution in [2.24, 2.45) is 11.8 Å². The van der Waals surface area contributed by atoms with E-state index in [1.54, 1.807) is 32.1 Å². The minimum absolute atomic E-state index is 0.0546. The SMILES string of the molecule is CO[C@H]1/C=C\C=C(/C)C(=O)NC2=C(C)C(=O)C(NCCN(C)C)=C(C[C@@H](C)C[C@H](OC)[C@H](O)[C@@H](C)/C=C(\C)[C@@H]1OC=O)C2=O. The minimum atomic E-state index is -0.925. The van der Waals surface area contributed by atoms with Crippen LogP contribution < -0.4 is 10.6 Å². The largest absolute Gasteiger partial charge is 0.457 e. The van der Waals surface area contributed by atoms with E-state index < -0.39 is 42.0 Å². The smallest absolute Gasteiger partial charge is 0.293 e. The maximum Gasteiger partial charge on any atom is 0.293 e. The minimum Gasteiger partial charge on any atom is -0.457 e. The molecule has 0 fully saturated rings. The highest BCUT2D eigenvalue weighted by molar-refractivity contribution is 6.25. The molecule has 244 valence electrons. The molecule has 44 heavy (non-hydrogen) atoms. The van der Waals surface area contributed by atoms with Crippen molar-refractivity contribution >= 4 is 23.9 Å². The van der Waals surface area contributed by atoms with Crippen LogP contribution in [0.4, 0.5) is 0 Å². The summed E-state index contributed by atoms with van der Waals surface area (Å²) in [5, 5.41) is 17.1. The van der Waals surface area contributed by atoms with Crippen LogP contribution in [0.25, 0.3) is 0 Å². The average Bonchev–Trinajstić information content (AvgIpc) is 2.98. The van der Waals surface area contributed by atoms with Gasteiger partial charge in [0, 0.05) is 49.9 Å². The number of hydrogen-bond acceptors (Lipinski definition) is 10. The summed E-state index contributed by atoms with van der Waals surface area (Å²) in [5.41, 5.74) is 1.55. The van der Waals surface area contributed by atoms with Gasteiger partial charge in [-0.15, -0.1) is 0 Å². The lowest BCUT2D eigenvalue weighted by Crippen LogP contribution is -2.40. The van der Waals surface area contributed by atoms with E-state index in [2.05, 4.69) is 10.6 Å². The van der Waals surface area contributed by atoms with Gasteiger partial charge in [-0.3, -0.25) is 19.2 Å². The van der Waals surface area contributed by atoms with E-state index in [1.165, 1.54) is 21.1 Å². The van der Waals surface area contributed by atoms with E-state index in [0.717, 1.165) is 0 Å². The summed E-state index contributed by atoms with van der Waals surface area (Å²) in [6.07, 6.45) is 4.20. The van der Waals surface area contributed by atoms with Crippen LogP contribution in [-0.2, 0) is 33.4 Å². The van der Waals surface area contributed by atoms with Crippen molar-refractivity contribution in [3.8, 4) is 0 Å². The number of methoxy groups -OCH3 is 2. The first kappa shape index (κ1) is 36.8. The molecule has 2 aliphatic rings. The van der Waals surface area contributed by atoms with Crippen LogP contribution in [0, 0.1) is 11.8 Å². The number of likely N-dealkylation sites (N-methyl/N-ethyl adjacent to an activating group) is 1. The van der Waals surface area contributed by atoms with Crippen LogP contribution in [0.3, 0.4) is 0 Å². The van der Waals surface area contributed by atoms with Crippen LogP contribution in [0.1, 0.15) is 47.5 Å². The van der Waals surface area contributed by atoms with Gasteiger partial charge in [0.2, 0.25) is 11.6 Å². The topological polar surface area (TPSA) is 144 Å². The molecule has 1 amide bonds. The zero-order valence-electron chi connectivity index (χ0n) is 27.4. The molecule has 0 aromatic carbocycles. The van der Waals surface area contributed by atoms with E-state index in [9.17, 15) is 24.3 Å². The van der Waals surface area contributed by atoms with E-state index in [0.29, 0.717) is 31.6 Å². The second kappa shape index (κ2) is 17.2. The van der Waals surface area contributed by atoms with Gasteiger partial charge in [0.1, 0.15) is 6.10 Å². The van der Waals surface area contributed by atoms with Crippen molar-refractivity contribution in [1.82, 2.24) is 15.5 Å². The van der Waals surface area contributed by atoms with Crippen LogP contribution in [0.2, 0.25) is 0 Å². The maximum atomic E-state index is 13.9. The standard InChI is InChI=1S/C33H49N3O8/c1-19-15-24-28(34-13-14-36(6)7)30(39)23(5)27(31(24)40)35-33(41)20(2)11-10-12-25(42-8)32(44-18-37)22(4)17-21(3)29(38)26(16-19)43-9/h10-12,17-19,21,25-26,29,32,34,38H,13-16H2,1-9H3,(H,35,41)/b12-10-,20-11+,22-17+/t19-,21+,25+,26+,29-,32+/m1/s1. The Bertz CT molecular complexity index is 1230. The number of ketones is 2. The van der Waals surface area contributed by atoms with Crippen molar-refractivity contribution in [1.29, 1.82) is 0 Å². The Morgan fingerprint density at radius 1 is 1.09 bits per heavy atom. The zero-order chi connectivity index (χ0) is 33.1. The number of hydrogen-bond donors (Lipinski definition) is 3. The van der Waals surface area contributed by atoms with Crippen molar-refractivity contribution in [3.05, 3.63) is 58.0 Å². The summed E-state index contributed by atoms with van der Waals surface area (Å²) in [5.74, 6) is -1.89. The molecule has 1 aliphatic heterocycles. The summed E-state index contributed by atoms with van der Waals surface area (Å²) in [7, 11) is 6.81. The van der Waals surface area contributed by atoms with Gasteiger partial charge in [-0.05, 0) is 59.2 Å². The van der Waals surface area contributed by atoms with Crippen molar-refractivity contribution < 1.29 is 38.5 Å². The Kier molecular flexibility index (Phi) is 14.4. The summed E-state index contributed by atoms with van der Waals surface area (Å²) >= 11 is 0. The summed E-state index contributed by atoms with van der Waals surface area (Å²) < 4.78 is 16.6. The van der Waals surface area contributed by atoms with Gasteiger partial charge >= 0.3 is 0 Å². The van der Waals surface area contributed by atoms with Crippen molar-refractivity contribution in [2.75, 3.05) is 41.4 Å².